The number of benzene rings is 1. The van der Waals surface area contributed by atoms with E-state index in [-0.39, 0.29) is 11.9 Å². The maximum atomic E-state index is 13.0. The molecule has 1 aromatic carbocycles. The molecular formula is C13H17BrFN. The molecule has 0 amide bonds. The van der Waals surface area contributed by atoms with Crippen molar-refractivity contribution in [3.8, 4) is 0 Å². The lowest BCUT2D eigenvalue weighted by Crippen LogP contribution is -2.23. The highest BCUT2D eigenvalue weighted by Gasteiger charge is 2.23. The van der Waals surface area contributed by atoms with Crippen molar-refractivity contribution in [2.45, 2.75) is 38.1 Å². The van der Waals surface area contributed by atoms with Crippen LogP contribution in [0, 0.1) is 11.7 Å². The lowest BCUT2D eigenvalue weighted by Gasteiger charge is -2.28. The lowest BCUT2D eigenvalue weighted by molar-refractivity contribution is 0.307. The number of nitrogens with two attached hydrogens (primary N) is 1. The molecule has 0 aliphatic heterocycles. The van der Waals surface area contributed by atoms with Crippen LogP contribution < -0.4 is 5.73 Å². The normalized spacial score (nSPS) is 19.7. The summed E-state index contributed by atoms with van der Waals surface area (Å²) in [6.07, 6.45) is 6.28. The second-order valence-corrected chi connectivity index (χ2v) is 5.44. The van der Waals surface area contributed by atoms with Crippen LogP contribution in [0.15, 0.2) is 22.7 Å². The summed E-state index contributed by atoms with van der Waals surface area (Å²) in [4.78, 5) is 0. The minimum atomic E-state index is -0.216. The Balaban J connectivity index is 2.15. The van der Waals surface area contributed by atoms with Gasteiger partial charge in [-0.1, -0.05) is 41.3 Å². The van der Waals surface area contributed by atoms with Crippen molar-refractivity contribution in [1.29, 1.82) is 0 Å². The Morgan fingerprint density at radius 2 is 1.94 bits per heavy atom. The first-order valence-electron chi connectivity index (χ1n) is 5.89. The Hall–Kier alpha value is -0.410. The average Bonchev–Trinajstić information content (AvgIpc) is 2.29. The Kier molecular flexibility index (Phi) is 3.98. The third-order valence-corrected chi connectivity index (χ3v) is 4.17. The predicted molar refractivity (Wildman–Crippen MR) is 67.6 cm³/mol. The number of rotatable bonds is 2. The Labute approximate surface area is 104 Å². The zero-order valence-electron chi connectivity index (χ0n) is 9.26. The first-order valence-corrected chi connectivity index (χ1v) is 6.68. The summed E-state index contributed by atoms with van der Waals surface area (Å²) in [6, 6.07) is 4.83. The van der Waals surface area contributed by atoms with Crippen molar-refractivity contribution in [1.82, 2.24) is 0 Å². The van der Waals surface area contributed by atoms with E-state index in [0.717, 1.165) is 10.0 Å². The predicted octanol–water partition coefficient (Wildman–Crippen LogP) is 4.17. The van der Waals surface area contributed by atoms with Crippen molar-refractivity contribution < 1.29 is 4.39 Å². The van der Waals surface area contributed by atoms with Gasteiger partial charge in [-0.15, -0.1) is 0 Å². The molecule has 0 radical (unpaired) electrons. The van der Waals surface area contributed by atoms with Crippen molar-refractivity contribution >= 4 is 15.9 Å². The summed E-state index contributed by atoms with van der Waals surface area (Å²) in [5.74, 6) is 0.335. The van der Waals surface area contributed by atoms with E-state index in [9.17, 15) is 4.39 Å². The van der Waals surface area contributed by atoms with Gasteiger partial charge in [0.1, 0.15) is 5.82 Å². The maximum absolute atomic E-state index is 13.0. The molecule has 16 heavy (non-hydrogen) atoms. The molecule has 1 fully saturated rings. The van der Waals surface area contributed by atoms with Crippen molar-refractivity contribution in [2.75, 3.05) is 0 Å². The molecular weight excluding hydrogens is 269 g/mol. The van der Waals surface area contributed by atoms with E-state index in [1.807, 2.05) is 0 Å². The van der Waals surface area contributed by atoms with Crippen LogP contribution in [0.1, 0.15) is 43.7 Å². The summed E-state index contributed by atoms with van der Waals surface area (Å²) in [6.45, 7) is 0. The van der Waals surface area contributed by atoms with Gasteiger partial charge in [0.05, 0.1) is 0 Å². The second kappa shape index (κ2) is 5.28. The number of hydrogen-bond acceptors (Lipinski definition) is 1. The first-order chi connectivity index (χ1) is 7.68. The van der Waals surface area contributed by atoms with E-state index in [4.69, 9.17) is 5.73 Å². The van der Waals surface area contributed by atoms with Crippen LogP contribution in [-0.2, 0) is 0 Å². The first kappa shape index (κ1) is 12.1. The molecule has 1 nitrogen and oxygen atoms in total. The van der Waals surface area contributed by atoms with E-state index < -0.39 is 0 Å². The third-order valence-electron chi connectivity index (χ3n) is 3.48. The van der Waals surface area contributed by atoms with Gasteiger partial charge >= 0.3 is 0 Å². The molecule has 0 unspecified atom stereocenters. The van der Waals surface area contributed by atoms with Gasteiger partial charge in [-0.25, -0.2) is 4.39 Å². The SMILES string of the molecule is N[C@H](c1ccc(F)cc1Br)C1CCCCC1. The van der Waals surface area contributed by atoms with Crippen LogP contribution in [0.3, 0.4) is 0 Å². The van der Waals surface area contributed by atoms with Gasteiger partial charge < -0.3 is 5.73 Å². The van der Waals surface area contributed by atoms with Crippen molar-refractivity contribution in [3.05, 3.63) is 34.1 Å². The summed E-state index contributed by atoms with van der Waals surface area (Å²) in [7, 11) is 0. The minimum absolute atomic E-state index is 0.0373. The molecule has 0 bridgehead atoms. The highest BCUT2D eigenvalue weighted by molar-refractivity contribution is 9.10. The largest absolute Gasteiger partial charge is 0.324 e. The van der Waals surface area contributed by atoms with Gasteiger partial charge in [-0.2, -0.15) is 0 Å². The number of halogens is 2. The smallest absolute Gasteiger partial charge is 0.124 e. The Morgan fingerprint density at radius 1 is 1.25 bits per heavy atom. The molecule has 88 valence electrons. The van der Waals surface area contributed by atoms with Gasteiger partial charge in [0, 0.05) is 10.5 Å². The quantitative estimate of drug-likeness (QED) is 0.867. The molecule has 1 atom stereocenters. The van der Waals surface area contributed by atoms with E-state index in [2.05, 4.69) is 15.9 Å². The van der Waals surface area contributed by atoms with E-state index in [0.29, 0.717) is 5.92 Å². The summed E-state index contributed by atoms with van der Waals surface area (Å²) in [5, 5.41) is 0. The van der Waals surface area contributed by atoms with Crippen molar-refractivity contribution in [2.24, 2.45) is 11.7 Å². The van der Waals surface area contributed by atoms with Crippen LogP contribution in [-0.4, -0.2) is 0 Å². The van der Waals surface area contributed by atoms with Crippen LogP contribution >= 0.6 is 15.9 Å². The van der Waals surface area contributed by atoms with E-state index in [1.54, 1.807) is 6.07 Å². The van der Waals surface area contributed by atoms with Crippen LogP contribution in [0.5, 0.6) is 0 Å². The molecule has 3 heteroatoms. The minimum Gasteiger partial charge on any atom is -0.324 e. The van der Waals surface area contributed by atoms with Gasteiger partial charge in [0.25, 0.3) is 0 Å². The molecule has 0 aromatic heterocycles. The summed E-state index contributed by atoms with van der Waals surface area (Å²) >= 11 is 3.39. The van der Waals surface area contributed by atoms with Crippen LogP contribution in [0.4, 0.5) is 4.39 Å². The lowest BCUT2D eigenvalue weighted by atomic mass is 9.81. The molecule has 0 spiro atoms. The highest BCUT2D eigenvalue weighted by atomic mass is 79.9. The molecule has 1 aliphatic carbocycles. The molecule has 0 heterocycles. The van der Waals surface area contributed by atoms with Gasteiger partial charge in [-0.05, 0) is 36.5 Å². The zero-order chi connectivity index (χ0) is 11.5. The Bertz CT molecular complexity index is 361. The maximum Gasteiger partial charge on any atom is 0.124 e. The monoisotopic (exact) mass is 285 g/mol. The van der Waals surface area contributed by atoms with Crippen LogP contribution in [0.25, 0.3) is 0 Å². The fourth-order valence-electron chi connectivity index (χ4n) is 2.52. The molecule has 1 aliphatic rings. The van der Waals surface area contributed by atoms with Gasteiger partial charge in [0.2, 0.25) is 0 Å². The van der Waals surface area contributed by atoms with E-state index >= 15 is 0 Å². The highest BCUT2D eigenvalue weighted by Crippen LogP contribution is 2.35. The fraction of sp³-hybridized carbons (Fsp3) is 0.538. The number of hydrogen-bond donors (Lipinski definition) is 1. The molecule has 1 saturated carbocycles. The van der Waals surface area contributed by atoms with Gasteiger partial charge in [-0.3, -0.25) is 0 Å². The molecule has 2 rings (SSSR count). The standard InChI is InChI=1S/C13H17BrFN/c14-12-8-10(15)6-7-11(12)13(16)9-4-2-1-3-5-9/h6-9,13H,1-5,16H2/t13-/m0/s1. The zero-order valence-corrected chi connectivity index (χ0v) is 10.8. The Morgan fingerprint density at radius 3 is 2.56 bits per heavy atom. The molecule has 0 saturated heterocycles. The summed E-state index contributed by atoms with van der Waals surface area (Å²) < 4.78 is 13.8. The van der Waals surface area contributed by atoms with Crippen molar-refractivity contribution in [3.63, 3.8) is 0 Å². The fourth-order valence-corrected chi connectivity index (χ4v) is 3.13. The van der Waals surface area contributed by atoms with Gasteiger partial charge in [0.15, 0.2) is 0 Å². The van der Waals surface area contributed by atoms with E-state index in [1.165, 1.54) is 44.2 Å². The topological polar surface area (TPSA) is 26.0 Å². The molecule has 2 N–H and O–H groups in total. The summed E-state index contributed by atoms with van der Waals surface area (Å²) in [5.41, 5.74) is 7.30. The van der Waals surface area contributed by atoms with Crippen LogP contribution in [0.2, 0.25) is 0 Å². The average molecular weight is 286 g/mol. The molecule has 1 aromatic rings. The second-order valence-electron chi connectivity index (χ2n) is 4.59. The third kappa shape index (κ3) is 2.64.